The number of carbonyl (C=O) groups excluding carboxylic acids is 1. The highest BCUT2D eigenvalue weighted by atomic mass is 32.2. The van der Waals surface area contributed by atoms with Crippen LogP contribution in [-0.2, 0) is 10.0 Å². The second-order valence-corrected chi connectivity index (χ2v) is 8.70. The maximum atomic E-state index is 13.3. The average molecular weight is 454 g/mol. The first kappa shape index (κ1) is 21.4. The van der Waals surface area contributed by atoms with E-state index in [4.69, 9.17) is 9.15 Å². The summed E-state index contributed by atoms with van der Waals surface area (Å²) in [5, 5.41) is 3.46. The van der Waals surface area contributed by atoms with Crippen molar-refractivity contribution in [2.75, 3.05) is 17.1 Å². The number of benzene rings is 3. The van der Waals surface area contributed by atoms with Crippen molar-refractivity contribution in [3.63, 3.8) is 0 Å². The van der Waals surface area contributed by atoms with E-state index in [1.54, 1.807) is 32.2 Å². The maximum Gasteiger partial charge on any atom is 0.291 e. The highest BCUT2D eigenvalue weighted by molar-refractivity contribution is 7.92. The Bertz CT molecular complexity index is 1410. The fourth-order valence-electron chi connectivity index (χ4n) is 3.21. The maximum absolute atomic E-state index is 13.3. The Morgan fingerprint density at radius 3 is 2.44 bits per heavy atom. The van der Waals surface area contributed by atoms with Crippen molar-refractivity contribution in [2.45, 2.75) is 11.8 Å². The van der Waals surface area contributed by atoms with E-state index in [9.17, 15) is 17.6 Å². The van der Waals surface area contributed by atoms with Crippen LogP contribution in [0, 0.1) is 12.7 Å². The number of amides is 1. The molecule has 0 bridgehead atoms. The van der Waals surface area contributed by atoms with Crippen LogP contribution in [0.2, 0.25) is 0 Å². The molecule has 0 aliphatic rings. The summed E-state index contributed by atoms with van der Waals surface area (Å²) < 4.78 is 51.5. The van der Waals surface area contributed by atoms with E-state index in [-0.39, 0.29) is 16.3 Å². The Balaban J connectivity index is 1.52. The molecule has 0 aliphatic carbocycles. The second kappa shape index (κ2) is 8.35. The molecule has 32 heavy (non-hydrogen) atoms. The first-order chi connectivity index (χ1) is 15.3. The molecule has 0 atom stereocenters. The van der Waals surface area contributed by atoms with Crippen LogP contribution in [0.25, 0.3) is 11.0 Å². The van der Waals surface area contributed by atoms with E-state index < -0.39 is 21.7 Å². The Morgan fingerprint density at radius 2 is 1.75 bits per heavy atom. The molecule has 1 amide bonds. The highest BCUT2D eigenvalue weighted by Gasteiger charge is 2.19. The minimum Gasteiger partial charge on any atom is -0.497 e. The number of carbonyl (C=O) groups is 1. The summed E-state index contributed by atoms with van der Waals surface area (Å²) in [6.45, 7) is 1.77. The zero-order valence-corrected chi connectivity index (χ0v) is 18.0. The predicted octanol–water partition coefficient (Wildman–Crippen LogP) is 4.94. The number of methoxy groups -OCH3 is 1. The van der Waals surface area contributed by atoms with Crippen LogP contribution in [-0.4, -0.2) is 21.4 Å². The van der Waals surface area contributed by atoms with Gasteiger partial charge in [-0.25, -0.2) is 12.8 Å². The molecule has 0 aliphatic heterocycles. The van der Waals surface area contributed by atoms with Crippen LogP contribution in [0.1, 0.15) is 16.1 Å². The molecule has 164 valence electrons. The number of ether oxygens (including phenoxy) is 1. The third kappa shape index (κ3) is 4.28. The van der Waals surface area contributed by atoms with Crippen molar-refractivity contribution in [3.8, 4) is 5.75 Å². The number of anilines is 2. The van der Waals surface area contributed by atoms with Gasteiger partial charge in [-0.05, 0) is 67.6 Å². The van der Waals surface area contributed by atoms with Gasteiger partial charge in [0.25, 0.3) is 15.9 Å². The number of sulfonamides is 1. The average Bonchev–Trinajstić information content (AvgIpc) is 3.10. The van der Waals surface area contributed by atoms with Gasteiger partial charge in [-0.3, -0.25) is 9.52 Å². The molecule has 0 fully saturated rings. The lowest BCUT2D eigenvalue weighted by Crippen LogP contribution is -2.14. The third-order valence-corrected chi connectivity index (χ3v) is 6.25. The third-order valence-electron chi connectivity index (χ3n) is 4.85. The Kier molecular flexibility index (Phi) is 5.58. The van der Waals surface area contributed by atoms with Crippen molar-refractivity contribution < 1.29 is 26.8 Å². The smallest absolute Gasteiger partial charge is 0.291 e. The van der Waals surface area contributed by atoms with Gasteiger partial charge in [-0.1, -0.05) is 6.07 Å². The van der Waals surface area contributed by atoms with Crippen LogP contribution in [0.4, 0.5) is 15.8 Å². The molecule has 3 aromatic carbocycles. The summed E-state index contributed by atoms with van der Waals surface area (Å²) in [5.74, 6) is -0.219. The number of hydrogen-bond donors (Lipinski definition) is 2. The second-order valence-electron chi connectivity index (χ2n) is 7.01. The first-order valence-electron chi connectivity index (χ1n) is 9.54. The van der Waals surface area contributed by atoms with Gasteiger partial charge in [0, 0.05) is 16.6 Å². The molecule has 0 radical (unpaired) electrons. The van der Waals surface area contributed by atoms with Gasteiger partial charge in [-0.15, -0.1) is 0 Å². The Morgan fingerprint density at radius 1 is 1.00 bits per heavy atom. The minimum absolute atomic E-state index is 0.0354. The van der Waals surface area contributed by atoms with Gasteiger partial charge < -0.3 is 14.5 Å². The number of furan rings is 1. The quantitative estimate of drug-likeness (QED) is 0.430. The van der Waals surface area contributed by atoms with Gasteiger partial charge >= 0.3 is 0 Å². The standard InChI is InChI=1S/C23H19FN2O5S/c1-14-20-13-18(30-2)8-11-21(20)31-22(14)23(27)25-16-6-9-19(10-7-16)32(28,29)26-17-5-3-4-15(24)12-17/h3-13,26H,1-2H3,(H,25,27). The van der Waals surface area contributed by atoms with E-state index in [0.29, 0.717) is 22.6 Å². The Labute approximate surface area is 183 Å². The number of fused-ring (bicyclic) bond motifs is 1. The number of rotatable bonds is 6. The van der Waals surface area contributed by atoms with Crippen molar-refractivity contribution in [1.29, 1.82) is 0 Å². The molecule has 1 heterocycles. The number of nitrogens with one attached hydrogen (secondary N) is 2. The molecule has 4 aromatic rings. The molecule has 2 N–H and O–H groups in total. The number of aryl methyl sites for hydroxylation is 1. The Hall–Kier alpha value is -3.85. The van der Waals surface area contributed by atoms with Crippen molar-refractivity contribution in [1.82, 2.24) is 0 Å². The largest absolute Gasteiger partial charge is 0.497 e. The lowest BCUT2D eigenvalue weighted by molar-refractivity contribution is 0.0998. The highest BCUT2D eigenvalue weighted by Crippen LogP contribution is 2.29. The lowest BCUT2D eigenvalue weighted by Gasteiger charge is -2.09. The fraction of sp³-hybridized carbons (Fsp3) is 0.0870. The monoisotopic (exact) mass is 454 g/mol. The van der Waals surface area contributed by atoms with E-state index in [2.05, 4.69) is 10.0 Å². The fourth-order valence-corrected chi connectivity index (χ4v) is 4.26. The van der Waals surface area contributed by atoms with Crippen LogP contribution in [0.3, 0.4) is 0 Å². The molecule has 0 spiro atoms. The number of hydrogen-bond acceptors (Lipinski definition) is 5. The van der Waals surface area contributed by atoms with Crippen molar-refractivity contribution >= 4 is 38.3 Å². The molecular formula is C23H19FN2O5S. The molecule has 0 unspecified atom stereocenters. The van der Waals surface area contributed by atoms with E-state index in [1.165, 1.54) is 42.5 Å². The van der Waals surface area contributed by atoms with Crippen LogP contribution >= 0.6 is 0 Å². The van der Waals surface area contributed by atoms with E-state index in [1.807, 2.05) is 0 Å². The zero-order chi connectivity index (χ0) is 22.9. The summed E-state index contributed by atoms with van der Waals surface area (Å²) in [7, 11) is -2.36. The van der Waals surface area contributed by atoms with Gasteiger partial charge in [0.15, 0.2) is 5.76 Å². The predicted molar refractivity (Wildman–Crippen MR) is 119 cm³/mol. The molecule has 0 saturated carbocycles. The minimum atomic E-state index is -3.92. The van der Waals surface area contributed by atoms with Gasteiger partial charge in [0.2, 0.25) is 0 Å². The van der Waals surface area contributed by atoms with Gasteiger partial charge in [-0.2, -0.15) is 0 Å². The SMILES string of the molecule is COc1ccc2oc(C(=O)Nc3ccc(S(=O)(=O)Nc4cccc(F)c4)cc3)c(C)c2c1. The van der Waals surface area contributed by atoms with E-state index >= 15 is 0 Å². The van der Waals surface area contributed by atoms with Crippen molar-refractivity contribution in [2.24, 2.45) is 0 Å². The van der Waals surface area contributed by atoms with Gasteiger partial charge in [0.1, 0.15) is 17.1 Å². The zero-order valence-electron chi connectivity index (χ0n) is 17.2. The first-order valence-corrected chi connectivity index (χ1v) is 11.0. The molecule has 1 aromatic heterocycles. The summed E-state index contributed by atoms with van der Waals surface area (Å²) in [5.41, 5.74) is 1.71. The van der Waals surface area contributed by atoms with Crippen LogP contribution in [0.5, 0.6) is 5.75 Å². The summed E-state index contributed by atoms with van der Waals surface area (Å²) in [6, 6.07) is 16.0. The summed E-state index contributed by atoms with van der Waals surface area (Å²) in [6.07, 6.45) is 0. The summed E-state index contributed by atoms with van der Waals surface area (Å²) in [4.78, 5) is 12.7. The summed E-state index contributed by atoms with van der Waals surface area (Å²) >= 11 is 0. The number of halogens is 1. The van der Waals surface area contributed by atoms with Gasteiger partial charge in [0.05, 0.1) is 17.7 Å². The topological polar surface area (TPSA) is 97.6 Å². The molecule has 7 nitrogen and oxygen atoms in total. The molecule has 0 saturated heterocycles. The van der Waals surface area contributed by atoms with Crippen LogP contribution < -0.4 is 14.8 Å². The molecule has 4 rings (SSSR count). The normalized spacial score (nSPS) is 11.3. The lowest BCUT2D eigenvalue weighted by atomic mass is 10.1. The molecule has 9 heteroatoms. The molecular weight excluding hydrogens is 435 g/mol. The van der Waals surface area contributed by atoms with Crippen LogP contribution in [0.15, 0.2) is 76.0 Å². The van der Waals surface area contributed by atoms with E-state index in [0.717, 1.165) is 11.5 Å². The van der Waals surface area contributed by atoms with Crippen molar-refractivity contribution in [3.05, 3.63) is 83.9 Å².